The number of esters is 1. The highest BCUT2D eigenvalue weighted by Crippen LogP contribution is 2.36. The maximum absolute atomic E-state index is 11.6. The van der Waals surface area contributed by atoms with Crippen LogP contribution in [0.2, 0.25) is 5.04 Å². The summed E-state index contributed by atoms with van der Waals surface area (Å²) in [6.07, 6.45) is 3.81. The van der Waals surface area contributed by atoms with Gasteiger partial charge in [0, 0.05) is 0 Å². The molecule has 0 aliphatic carbocycles. The Kier molecular flexibility index (Phi) is 7.78. The van der Waals surface area contributed by atoms with E-state index in [1.807, 2.05) is 38.1 Å². The minimum atomic E-state index is -2.51. The lowest BCUT2D eigenvalue weighted by Gasteiger charge is -2.42. The van der Waals surface area contributed by atoms with E-state index in [9.17, 15) is 4.79 Å². The van der Waals surface area contributed by atoms with Gasteiger partial charge in [-0.1, -0.05) is 101 Å². The van der Waals surface area contributed by atoms with Crippen LogP contribution in [-0.2, 0) is 14.0 Å². The monoisotopic (exact) mass is 396 g/mol. The number of carbonyl (C=O) groups excluding carboxylic acids is 1. The van der Waals surface area contributed by atoms with Gasteiger partial charge in [-0.2, -0.15) is 0 Å². The maximum Gasteiger partial charge on any atom is 0.308 e. The highest BCUT2D eigenvalue weighted by molar-refractivity contribution is 6.99. The van der Waals surface area contributed by atoms with Gasteiger partial charge >= 0.3 is 5.97 Å². The highest BCUT2D eigenvalue weighted by Gasteiger charge is 2.49. The van der Waals surface area contributed by atoms with E-state index in [2.05, 4.69) is 69.3 Å². The van der Waals surface area contributed by atoms with Crippen molar-refractivity contribution >= 4 is 24.7 Å². The zero-order valence-electron chi connectivity index (χ0n) is 17.6. The summed E-state index contributed by atoms with van der Waals surface area (Å²) < 4.78 is 11.9. The van der Waals surface area contributed by atoms with Crippen molar-refractivity contribution in [1.82, 2.24) is 0 Å². The summed E-state index contributed by atoms with van der Waals surface area (Å²) in [4.78, 5) is 11.6. The molecule has 2 aromatic rings. The smallest absolute Gasteiger partial charge is 0.308 e. The molecule has 2 rings (SSSR count). The fourth-order valence-electron chi connectivity index (χ4n) is 3.37. The Balaban J connectivity index is 2.26. The third kappa shape index (κ3) is 5.21. The summed E-state index contributed by atoms with van der Waals surface area (Å²) in [5.41, 5.74) is 0. The van der Waals surface area contributed by atoms with E-state index in [1.165, 1.54) is 10.4 Å². The molecule has 0 spiro atoms. The van der Waals surface area contributed by atoms with Crippen molar-refractivity contribution in [3.8, 4) is 0 Å². The van der Waals surface area contributed by atoms with Crippen LogP contribution in [0.4, 0.5) is 0 Å². The van der Waals surface area contributed by atoms with E-state index in [0.29, 0.717) is 6.61 Å². The summed E-state index contributed by atoms with van der Waals surface area (Å²) in [5, 5.41) is 2.47. The first-order valence-corrected chi connectivity index (χ1v) is 11.8. The van der Waals surface area contributed by atoms with Crippen molar-refractivity contribution in [1.29, 1.82) is 0 Å². The van der Waals surface area contributed by atoms with Crippen LogP contribution in [0.25, 0.3) is 0 Å². The van der Waals surface area contributed by atoms with Crippen molar-refractivity contribution in [2.45, 2.75) is 39.7 Å². The second-order valence-corrected chi connectivity index (χ2v) is 12.5. The first-order chi connectivity index (χ1) is 13.3. The molecule has 0 radical (unpaired) electrons. The lowest BCUT2D eigenvalue weighted by molar-refractivity contribution is -0.146. The fraction of sp³-hybridized carbons (Fsp3) is 0.375. The average Bonchev–Trinajstić information content (AvgIpc) is 2.67. The van der Waals surface area contributed by atoms with Gasteiger partial charge in [-0.25, -0.2) is 0 Å². The van der Waals surface area contributed by atoms with Gasteiger partial charge < -0.3 is 9.16 Å². The summed E-state index contributed by atoms with van der Waals surface area (Å²) in [6, 6.07) is 21.1. The predicted molar refractivity (Wildman–Crippen MR) is 119 cm³/mol. The van der Waals surface area contributed by atoms with Gasteiger partial charge in [0.25, 0.3) is 8.32 Å². The van der Waals surface area contributed by atoms with Crippen molar-refractivity contribution in [3.05, 3.63) is 72.8 Å². The quantitative estimate of drug-likeness (QED) is 0.379. The molecule has 0 atom stereocenters. The lowest BCUT2D eigenvalue weighted by atomic mass is 10.2. The first-order valence-electron chi connectivity index (χ1n) is 9.85. The second-order valence-electron chi connectivity index (χ2n) is 8.23. The number of carbonyl (C=O) groups is 1. The van der Waals surface area contributed by atoms with Crippen molar-refractivity contribution in [2.75, 3.05) is 13.2 Å². The summed E-state index contributed by atoms with van der Waals surface area (Å²) in [6.45, 7) is 11.2. The summed E-state index contributed by atoms with van der Waals surface area (Å²) in [5.74, 6) is -0.292. The Morgan fingerprint density at radius 2 is 1.36 bits per heavy atom. The second kappa shape index (κ2) is 9.85. The molecule has 150 valence electrons. The Morgan fingerprint density at radius 3 is 1.79 bits per heavy atom. The molecule has 0 fully saturated rings. The lowest BCUT2D eigenvalue weighted by Crippen LogP contribution is -2.66. The number of rotatable bonds is 8. The van der Waals surface area contributed by atoms with E-state index in [4.69, 9.17) is 9.16 Å². The van der Waals surface area contributed by atoms with Crippen molar-refractivity contribution < 1.29 is 14.0 Å². The van der Waals surface area contributed by atoms with Gasteiger partial charge in [-0.3, -0.25) is 4.79 Å². The molecule has 0 saturated heterocycles. The molecule has 0 N–H and O–H groups in total. The fourth-order valence-corrected chi connectivity index (χ4v) is 7.87. The SMILES string of the molecule is CC(C)C(=O)OCC=CCO[Si](c1ccccc1)(c1ccccc1)C(C)(C)C. The molecule has 0 aromatic heterocycles. The largest absolute Gasteiger partial charge is 0.461 e. The normalized spacial score (nSPS) is 12.5. The van der Waals surface area contributed by atoms with Gasteiger partial charge in [0.05, 0.1) is 12.5 Å². The average molecular weight is 397 g/mol. The Hall–Kier alpha value is -2.17. The first kappa shape index (κ1) is 22.1. The van der Waals surface area contributed by atoms with Crippen LogP contribution >= 0.6 is 0 Å². The molecular weight excluding hydrogens is 364 g/mol. The van der Waals surface area contributed by atoms with Gasteiger partial charge in [0.1, 0.15) is 6.61 Å². The third-order valence-corrected chi connectivity index (χ3v) is 9.78. The van der Waals surface area contributed by atoms with Gasteiger partial charge in [-0.05, 0) is 21.5 Å². The molecular formula is C24H32O3Si. The van der Waals surface area contributed by atoms with Crippen LogP contribution < -0.4 is 10.4 Å². The van der Waals surface area contributed by atoms with Crippen LogP contribution in [0.15, 0.2) is 72.8 Å². The molecule has 0 saturated carbocycles. The molecule has 28 heavy (non-hydrogen) atoms. The molecule has 0 unspecified atom stereocenters. The Bertz CT molecular complexity index is 722. The van der Waals surface area contributed by atoms with E-state index in [0.717, 1.165) is 0 Å². The maximum atomic E-state index is 11.6. The molecule has 0 heterocycles. The molecule has 2 aromatic carbocycles. The van der Waals surface area contributed by atoms with Crippen LogP contribution in [0.1, 0.15) is 34.6 Å². The van der Waals surface area contributed by atoms with Gasteiger partial charge in [0.2, 0.25) is 0 Å². The zero-order chi connectivity index (χ0) is 20.6. The Morgan fingerprint density at radius 1 is 0.893 bits per heavy atom. The van der Waals surface area contributed by atoms with Gasteiger partial charge in [0.15, 0.2) is 0 Å². The molecule has 0 aliphatic rings. The standard InChI is InChI=1S/C24H32O3Si/c1-20(2)23(25)26-18-12-13-19-27-28(24(3,4)5,21-14-8-6-9-15-21)22-16-10-7-11-17-22/h6-17,20H,18-19H2,1-5H3. The minimum Gasteiger partial charge on any atom is -0.461 e. The number of benzene rings is 2. The van der Waals surface area contributed by atoms with Gasteiger partial charge in [-0.15, -0.1) is 0 Å². The van der Waals surface area contributed by atoms with Crippen molar-refractivity contribution in [3.63, 3.8) is 0 Å². The summed E-state index contributed by atoms with van der Waals surface area (Å²) in [7, 11) is -2.51. The van der Waals surface area contributed by atoms with Crippen LogP contribution in [0.3, 0.4) is 0 Å². The van der Waals surface area contributed by atoms with E-state index in [-0.39, 0.29) is 23.5 Å². The number of ether oxygens (including phenoxy) is 1. The predicted octanol–water partition coefficient (Wildman–Crippen LogP) is 4.32. The topological polar surface area (TPSA) is 35.5 Å². The van der Waals surface area contributed by atoms with Crippen LogP contribution in [0.5, 0.6) is 0 Å². The third-order valence-electron chi connectivity index (χ3n) is 4.77. The van der Waals surface area contributed by atoms with Crippen molar-refractivity contribution in [2.24, 2.45) is 5.92 Å². The van der Waals surface area contributed by atoms with Crippen LogP contribution in [0, 0.1) is 5.92 Å². The minimum absolute atomic E-state index is 0.0480. The summed E-state index contributed by atoms with van der Waals surface area (Å²) >= 11 is 0. The highest BCUT2D eigenvalue weighted by atomic mass is 28.4. The zero-order valence-corrected chi connectivity index (χ0v) is 18.6. The number of hydrogen-bond donors (Lipinski definition) is 0. The molecule has 0 bridgehead atoms. The molecule has 0 amide bonds. The molecule has 3 nitrogen and oxygen atoms in total. The van der Waals surface area contributed by atoms with E-state index in [1.54, 1.807) is 0 Å². The number of hydrogen-bond acceptors (Lipinski definition) is 3. The Labute approximate surface area is 170 Å². The molecule has 0 aliphatic heterocycles. The van der Waals surface area contributed by atoms with Crippen LogP contribution in [-0.4, -0.2) is 27.5 Å². The van der Waals surface area contributed by atoms with E-state index >= 15 is 0 Å². The van der Waals surface area contributed by atoms with E-state index < -0.39 is 8.32 Å². The molecule has 4 heteroatoms.